The molecule has 0 spiro atoms. The van der Waals surface area contributed by atoms with Gasteiger partial charge in [-0.15, -0.1) is 0 Å². The fraction of sp³-hybridized carbons (Fsp3) is 0.600. The Morgan fingerprint density at radius 3 is 2.78 bits per heavy atom. The highest BCUT2D eigenvalue weighted by Crippen LogP contribution is 2.29. The fourth-order valence-electron chi connectivity index (χ4n) is 2.76. The second-order valence-electron chi connectivity index (χ2n) is 5.35. The molecular weight excluding hydrogens is 293 g/mol. The Hall–Kier alpha value is -0.410. The first kappa shape index (κ1) is 14.0. The molecule has 1 saturated carbocycles. The molecule has 1 aliphatic carbocycles. The highest BCUT2D eigenvalue weighted by Gasteiger charge is 2.26. The molecule has 0 N–H and O–H groups in total. The number of halogens is 2. The molecule has 100 valence electrons. The van der Waals surface area contributed by atoms with E-state index in [9.17, 15) is 4.39 Å². The highest BCUT2D eigenvalue weighted by atomic mass is 79.9. The van der Waals surface area contributed by atoms with Crippen LogP contribution in [0.3, 0.4) is 0 Å². The van der Waals surface area contributed by atoms with Gasteiger partial charge in [-0.2, -0.15) is 0 Å². The minimum atomic E-state index is -0.136. The Kier molecular flexibility index (Phi) is 4.79. The monoisotopic (exact) mass is 313 g/mol. The van der Waals surface area contributed by atoms with E-state index >= 15 is 0 Å². The number of aryl methyl sites for hydroxylation is 1. The first-order valence-electron chi connectivity index (χ1n) is 6.67. The number of alkyl halides is 1. The molecule has 0 saturated heterocycles. The van der Waals surface area contributed by atoms with Crippen LogP contribution in [0.25, 0.3) is 0 Å². The number of hydrogen-bond donors (Lipinski definition) is 0. The lowest BCUT2D eigenvalue weighted by molar-refractivity contribution is 0.192. The maximum absolute atomic E-state index is 13.3. The Morgan fingerprint density at radius 2 is 2.06 bits per heavy atom. The fourth-order valence-corrected chi connectivity index (χ4v) is 3.75. The molecule has 0 aromatic heterocycles. The van der Waals surface area contributed by atoms with Gasteiger partial charge in [0.25, 0.3) is 0 Å². The standard InChI is InChI=1S/C15H21BrFN/c1-11-7-8-13(17)9-12(11)10-18(2)15-6-4-3-5-14(15)16/h7-9,14-15H,3-6,10H2,1-2H3. The summed E-state index contributed by atoms with van der Waals surface area (Å²) in [5, 5.41) is 0. The van der Waals surface area contributed by atoms with Crippen LogP contribution >= 0.6 is 15.9 Å². The van der Waals surface area contributed by atoms with Crippen LogP contribution in [0.2, 0.25) is 0 Å². The Bertz CT molecular complexity index is 407. The van der Waals surface area contributed by atoms with Crippen LogP contribution in [0.15, 0.2) is 18.2 Å². The van der Waals surface area contributed by atoms with Gasteiger partial charge in [-0.25, -0.2) is 4.39 Å². The summed E-state index contributed by atoms with van der Waals surface area (Å²) in [6.07, 6.45) is 5.11. The van der Waals surface area contributed by atoms with E-state index in [0.29, 0.717) is 10.9 Å². The van der Waals surface area contributed by atoms with Gasteiger partial charge >= 0.3 is 0 Å². The number of benzene rings is 1. The second kappa shape index (κ2) is 6.16. The van der Waals surface area contributed by atoms with Crippen molar-refractivity contribution in [3.63, 3.8) is 0 Å². The van der Waals surface area contributed by atoms with Crippen LogP contribution < -0.4 is 0 Å². The maximum Gasteiger partial charge on any atom is 0.123 e. The molecule has 1 aromatic rings. The number of rotatable bonds is 3. The van der Waals surface area contributed by atoms with E-state index in [1.54, 1.807) is 6.07 Å². The molecule has 0 radical (unpaired) electrons. The van der Waals surface area contributed by atoms with E-state index in [4.69, 9.17) is 0 Å². The zero-order chi connectivity index (χ0) is 13.1. The Labute approximate surface area is 118 Å². The summed E-state index contributed by atoms with van der Waals surface area (Å²) < 4.78 is 13.3. The third-order valence-corrected chi connectivity index (χ3v) is 5.01. The second-order valence-corrected chi connectivity index (χ2v) is 6.53. The summed E-state index contributed by atoms with van der Waals surface area (Å²) in [6.45, 7) is 2.88. The van der Waals surface area contributed by atoms with Crippen molar-refractivity contribution < 1.29 is 4.39 Å². The lowest BCUT2D eigenvalue weighted by atomic mass is 9.94. The Balaban J connectivity index is 2.05. The smallest absolute Gasteiger partial charge is 0.123 e. The largest absolute Gasteiger partial charge is 0.298 e. The number of nitrogens with zero attached hydrogens (tertiary/aromatic N) is 1. The molecule has 3 heteroatoms. The average molecular weight is 314 g/mol. The first-order valence-corrected chi connectivity index (χ1v) is 7.59. The number of hydrogen-bond acceptors (Lipinski definition) is 1. The summed E-state index contributed by atoms with van der Waals surface area (Å²) >= 11 is 3.79. The van der Waals surface area contributed by atoms with Crippen LogP contribution in [0, 0.1) is 12.7 Å². The summed E-state index contributed by atoms with van der Waals surface area (Å²) in [5.74, 6) is -0.136. The van der Waals surface area contributed by atoms with E-state index in [2.05, 4.69) is 34.8 Å². The van der Waals surface area contributed by atoms with E-state index < -0.39 is 0 Å². The summed E-state index contributed by atoms with van der Waals surface area (Å²) in [6, 6.07) is 5.64. The van der Waals surface area contributed by atoms with Crippen molar-refractivity contribution in [2.45, 2.75) is 50.0 Å². The highest BCUT2D eigenvalue weighted by molar-refractivity contribution is 9.09. The van der Waals surface area contributed by atoms with Crippen LogP contribution in [-0.2, 0) is 6.54 Å². The van der Waals surface area contributed by atoms with Gasteiger partial charge < -0.3 is 0 Å². The van der Waals surface area contributed by atoms with Crippen molar-refractivity contribution in [1.29, 1.82) is 0 Å². The van der Waals surface area contributed by atoms with Crippen LogP contribution in [0.4, 0.5) is 4.39 Å². The zero-order valence-corrected chi connectivity index (χ0v) is 12.7. The van der Waals surface area contributed by atoms with Gasteiger partial charge in [-0.3, -0.25) is 4.90 Å². The molecule has 2 atom stereocenters. The van der Waals surface area contributed by atoms with Crippen LogP contribution in [0.1, 0.15) is 36.8 Å². The van der Waals surface area contributed by atoms with E-state index in [0.717, 1.165) is 12.1 Å². The quantitative estimate of drug-likeness (QED) is 0.753. The lowest BCUT2D eigenvalue weighted by Gasteiger charge is -2.35. The third kappa shape index (κ3) is 3.33. The topological polar surface area (TPSA) is 3.24 Å². The van der Waals surface area contributed by atoms with Gasteiger partial charge in [0, 0.05) is 17.4 Å². The van der Waals surface area contributed by atoms with Crippen molar-refractivity contribution in [2.75, 3.05) is 7.05 Å². The molecule has 0 heterocycles. The van der Waals surface area contributed by atoms with Crippen molar-refractivity contribution in [1.82, 2.24) is 4.90 Å². The van der Waals surface area contributed by atoms with Crippen molar-refractivity contribution >= 4 is 15.9 Å². The van der Waals surface area contributed by atoms with Gasteiger partial charge in [0.05, 0.1) is 0 Å². The molecule has 0 amide bonds. The molecule has 1 nitrogen and oxygen atoms in total. The predicted octanol–water partition coefficient (Wildman–Crippen LogP) is 4.27. The van der Waals surface area contributed by atoms with Crippen LogP contribution in [0.5, 0.6) is 0 Å². The predicted molar refractivity (Wildman–Crippen MR) is 77.6 cm³/mol. The van der Waals surface area contributed by atoms with Crippen molar-refractivity contribution in [3.8, 4) is 0 Å². The molecule has 1 aliphatic rings. The van der Waals surface area contributed by atoms with Crippen molar-refractivity contribution in [3.05, 3.63) is 35.1 Å². The third-order valence-electron chi connectivity index (χ3n) is 3.94. The zero-order valence-electron chi connectivity index (χ0n) is 11.1. The van der Waals surface area contributed by atoms with E-state index in [1.165, 1.54) is 37.3 Å². The molecule has 0 bridgehead atoms. The normalized spacial score (nSPS) is 24.5. The van der Waals surface area contributed by atoms with Gasteiger partial charge in [0.1, 0.15) is 5.82 Å². The molecule has 0 aliphatic heterocycles. The van der Waals surface area contributed by atoms with Gasteiger partial charge in [-0.1, -0.05) is 34.8 Å². The van der Waals surface area contributed by atoms with E-state index in [1.807, 2.05) is 6.07 Å². The van der Waals surface area contributed by atoms with Gasteiger partial charge in [0.15, 0.2) is 0 Å². The Morgan fingerprint density at radius 1 is 1.33 bits per heavy atom. The van der Waals surface area contributed by atoms with Gasteiger partial charge in [0.2, 0.25) is 0 Å². The molecule has 1 fully saturated rings. The lowest BCUT2D eigenvalue weighted by Crippen LogP contribution is -2.40. The molecule has 18 heavy (non-hydrogen) atoms. The molecule has 2 unspecified atom stereocenters. The molecule has 2 rings (SSSR count). The van der Waals surface area contributed by atoms with Crippen LogP contribution in [-0.4, -0.2) is 22.8 Å². The first-order chi connectivity index (χ1) is 8.58. The SMILES string of the molecule is Cc1ccc(F)cc1CN(C)C1CCCCC1Br. The minimum Gasteiger partial charge on any atom is -0.298 e. The summed E-state index contributed by atoms with van der Waals surface area (Å²) in [5.41, 5.74) is 2.27. The maximum atomic E-state index is 13.3. The molecular formula is C15H21BrFN. The molecule has 1 aromatic carbocycles. The summed E-state index contributed by atoms with van der Waals surface area (Å²) in [7, 11) is 2.15. The van der Waals surface area contributed by atoms with E-state index in [-0.39, 0.29) is 5.82 Å². The average Bonchev–Trinajstić information content (AvgIpc) is 2.34. The minimum absolute atomic E-state index is 0.136. The summed E-state index contributed by atoms with van der Waals surface area (Å²) in [4.78, 5) is 2.94. The van der Waals surface area contributed by atoms with Gasteiger partial charge in [-0.05, 0) is 50.1 Å². The van der Waals surface area contributed by atoms with Crippen molar-refractivity contribution in [2.24, 2.45) is 0 Å².